The van der Waals surface area contributed by atoms with Crippen LogP contribution in [-0.4, -0.2) is 53.3 Å². The van der Waals surface area contributed by atoms with Crippen molar-refractivity contribution in [2.75, 3.05) is 21.0 Å². The lowest BCUT2D eigenvalue weighted by Crippen LogP contribution is -2.06. The van der Waals surface area contributed by atoms with E-state index in [1.807, 2.05) is 0 Å². The van der Waals surface area contributed by atoms with E-state index in [-0.39, 0.29) is 48.3 Å². The van der Waals surface area contributed by atoms with E-state index < -0.39 is 11.9 Å². The number of rotatable bonds is 11. The summed E-state index contributed by atoms with van der Waals surface area (Å²) in [7, 11) is 2.92. The summed E-state index contributed by atoms with van der Waals surface area (Å²) >= 11 is 0. The minimum absolute atomic E-state index is 0.00401. The summed E-state index contributed by atoms with van der Waals surface area (Å²) < 4.78 is 33.0. The molecule has 1 aliphatic heterocycles. The average Bonchev–Trinajstić information content (AvgIpc) is 3.64. The highest BCUT2D eigenvalue weighted by Crippen LogP contribution is 2.40. The van der Waals surface area contributed by atoms with Gasteiger partial charge in [-0.3, -0.25) is 0 Å². The lowest BCUT2D eigenvalue weighted by Gasteiger charge is -2.13. The molecule has 210 valence electrons. The molecule has 2 aromatic carbocycles. The van der Waals surface area contributed by atoms with Gasteiger partial charge in [0.05, 0.1) is 31.5 Å². The fourth-order valence-electron chi connectivity index (χ4n) is 4.26. The molecular formula is C29H24N2O10. The number of fused-ring (bicyclic) bond motifs is 1. The summed E-state index contributed by atoms with van der Waals surface area (Å²) in [5.41, 5.74) is 1.85. The van der Waals surface area contributed by atoms with Gasteiger partial charge in [0.2, 0.25) is 12.7 Å². The molecule has 0 spiro atoms. The van der Waals surface area contributed by atoms with E-state index in [1.165, 1.54) is 44.8 Å². The zero-order valence-corrected chi connectivity index (χ0v) is 21.9. The van der Waals surface area contributed by atoms with Crippen molar-refractivity contribution < 1.29 is 48.0 Å². The monoisotopic (exact) mass is 560 g/mol. The Morgan fingerprint density at radius 1 is 0.976 bits per heavy atom. The molecule has 12 nitrogen and oxygen atoms in total. The Hall–Kier alpha value is -5.52. The maximum absolute atomic E-state index is 12.3. The highest BCUT2D eigenvalue weighted by atomic mass is 16.7. The van der Waals surface area contributed by atoms with Crippen LogP contribution < -0.4 is 23.7 Å². The molecule has 0 fully saturated rings. The molecule has 12 heteroatoms. The Labute approximate surface area is 233 Å². The molecule has 0 unspecified atom stereocenters. The topological polar surface area (TPSA) is 160 Å². The molecule has 4 aromatic rings. The number of hydrogen-bond donors (Lipinski definition) is 2. The quantitative estimate of drug-likeness (QED) is 0.248. The molecule has 1 aliphatic rings. The Balaban J connectivity index is 1.49. The molecule has 0 amide bonds. The standard InChI is InChI=1S/C29H24N2O10/c1-36-22-10-25-24(39-15-40-25)9-17(22)7-18(28(32)33)8-19-12-31-41-27(19)21-13-30-26(37-2)11-23(21)38-14-16-5-3-4-6-20(16)29(34)35/h3-6,8-13H,7,14-15H2,1-2H3,(H,32,33)(H,34,35)/b18-8+. The van der Waals surface area contributed by atoms with Gasteiger partial charge in [0.15, 0.2) is 17.3 Å². The lowest BCUT2D eigenvalue weighted by atomic mass is 10.0. The number of carboxylic acid groups (broad SMARTS) is 2. The number of benzene rings is 2. The van der Waals surface area contributed by atoms with Gasteiger partial charge in [-0.2, -0.15) is 0 Å². The van der Waals surface area contributed by atoms with Crippen LogP contribution in [0.5, 0.6) is 28.9 Å². The number of methoxy groups -OCH3 is 2. The zero-order chi connectivity index (χ0) is 28.9. The summed E-state index contributed by atoms with van der Waals surface area (Å²) in [4.78, 5) is 28.2. The second-order valence-electron chi connectivity index (χ2n) is 8.75. The number of carboxylic acids is 2. The van der Waals surface area contributed by atoms with E-state index >= 15 is 0 Å². The summed E-state index contributed by atoms with van der Waals surface area (Å²) in [6, 6.07) is 11.3. The second-order valence-corrected chi connectivity index (χ2v) is 8.75. The van der Waals surface area contributed by atoms with Crippen molar-refractivity contribution in [1.82, 2.24) is 10.1 Å². The van der Waals surface area contributed by atoms with Crippen molar-refractivity contribution in [3.8, 4) is 40.2 Å². The molecule has 0 bridgehead atoms. The lowest BCUT2D eigenvalue weighted by molar-refractivity contribution is -0.132. The maximum Gasteiger partial charge on any atom is 0.336 e. The fraction of sp³-hybridized carbons (Fsp3) is 0.172. The van der Waals surface area contributed by atoms with E-state index in [4.69, 9.17) is 28.2 Å². The van der Waals surface area contributed by atoms with Crippen molar-refractivity contribution in [1.29, 1.82) is 0 Å². The molecule has 0 radical (unpaired) electrons. The van der Waals surface area contributed by atoms with Crippen molar-refractivity contribution >= 4 is 18.0 Å². The minimum atomic E-state index is -1.16. The van der Waals surface area contributed by atoms with E-state index in [9.17, 15) is 19.8 Å². The van der Waals surface area contributed by atoms with Gasteiger partial charge in [0.25, 0.3) is 0 Å². The van der Waals surface area contributed by atoms with Crippen LogP contribution >= 0.6 is 0 Å². The van der Waals surface area contributed by atoms with Gasteiger partial charge in [-0.1, -0.05) is 23.4 Å². The molecule has 0 saturated heterocycles. The summed E-state index contributed by atoms with van der Waals surface area (Å²) in [6.07, 6.45) is 4.25. The first kappa shape index (κ1) is 27.1. The van der Waals surface area contributed by atoms with Gasteiger partial charge in [-0.05, 0) is 18.2 Å². The predicted molar refractivity (Wildman–Crippen MR) is 142 cm³/mol. The third kappa shape index (κ3) is 5.76. The molecule has 5 rings (SSSR count). The zero-order valence-electron chi connectivity index (χ0n) is 21.9. The smallest absolute Gasteiger partial charge is 0.336 e. The third-order valence-electron chi connectivity index (χ3n) is 6.28. The van der Waals surface area contributed by atoms with Crippen LogP contribution in [0.1, 0.15) is 27.0 Å². The molecule has 0 saturated carbocycles. The van der Waals surface area contributed by atoms with Gasteiger partial charge in [-0.25, -0.2) is 14.6 Å². The Bertz CT molecular complexity index is 1640. The minimum Gasteiger partial charge on any atom is -0.496 e. The Morgan fingerprint density at radius 2 is 1.76 bits per heavy atom. The predicted octanol–water partition coefficient (Wildman–Crippen LogP) is 4.47. The van der Waals surface area contributed by atoms with Gasteiger partial charge in [0.1, 0.15) is 18.1 Å². The molecule has 2 aromatic heterocycles. The van der Waals surface area contributed by atoms with Crippen LogP contribution in [0, 0.1) is 0 Å². The van der Waals surface area contributed by atoms with Crippen LogP contribution in [0.2, 0.25) is 0 Å². The number of carbonyl (C=O) groups is 2. The highest BCUT2D eigenvalue weighted by molar-refractivity contribution is 5.94. The SMILES string of the molecule is COc1cc(OCc2ccccc2C(=O)O)c(-c2oncc2/C=C(\Cc2cc3c(cc2OC)OCO3)C(=O)O)cn1. The number of aliphatic carboxylic acids is 1. The number of pyridine rings is 1. The van der Waals surface area contributed by atoms with Crippen LogP contribution in [-0.2, 0) is 17.8 Å². The average molecular weight is 561 g/mol. The van der Waals surface area contributed by atoms with Crippen molar-refractivity contribution in [3.63, 3.8) is 0 Å². The van der Waals surface area contributed by atoms with Crippen LogP contribution in [0.3, 0.4) is 0 Å². The van der Waals surface area contributed by atoms with E-state index in [0.717, 1.165) is 0 Å². The number of ether oxygens (including phenoxy) is 5. The van der Waals surface area contributed by atoms with Crippen molar-refractivity contribution in [3.05, 3.63) is 82.7 Å². The third-order valence-corrected chi connectivity index (χ3v) is 6.28. The first-order valence-corrected chi connectivity index (χ1v) is 12.2. The summed E-state index contributed by atoms with van der Waals surface area (Å²) in [5, 5.41) is 23.4. The fourth-order valence-corrected chi connectivity index (χ4v) is 4.26. The molecule has 0 aliphatic carbocycles. The van der Waals surface area contributed by atoms with Gasteiger partial charge in [-0.15, -0.1) is 0 Å². The van der Waals surface area contributed by atoms with Gasteiger partial charge >= 0.3 is 11.9 Å². The number of hydrogen-bond acceptors (Lipinski definition) is 10. The number of aromatic carboxylic acids is 1. The molecular weight excluding hydrogens is 536 g/mol. The highest BCUT2D eigenvalue weighted by Gasteiger charge is 2.22. The van der Waals surface area contributed by atoms with Crippen molar-refractivity contribution in [2.45, 2.75) is 13.0 Å². The Kier molecular flexibility index (Phi) is 7.72. The van der Waals surface area contributed by atoms with Crippen LogP contribution in [0.25, 0.3) is 17.4 Å². The van der Waals surface area contributed by atoms with Crippen LogP contribution in [0.4, 0.5) is 0 Å². The van der Waals surface area contributed by atoms with E-state index in [2.05, 4.69) is 10.1 Å². The number of nitrogens with zero attached hydrogens (tertiary/aromatic N) is 2. The Morgan fingerprint density at radius 3 is 2.49 bits per heavy atom. The van der Waals surface area contributed by atoms with Gasteiger partial charge < -0.3 is 38.4 Å². The largest absolute Gasteiger partial charge is 0.496 e. The number of aromatic nitrogens is 2. The first-order valence-electron chi connectivity index (χ1n) is 12.2. The van der Waals surface area contributed by atoms with Crippen LogP contribution in [0.15, 0.2) is 65.0 Å². The summed E-state index contributed by atoms with van der Waals surface area (Å²) in [5.74, 6) is -0.0938. The first-order chi connectivity index (χ1) is 19.9. The van der Waals surface area contributed by atoms with Crippen molar-refractivity contribution in [2.24, 2.45) is 0 Å². The van der Waals surface area contributed by atoms with E-state index in [1.54, 1.807) is 30.3 Å². The molecule has 3 heterocycles. The molecule has 2 N–H and O–H groups in total. The normalized spacial score (nSPS) is 12.2. The van der Waals surface area contributed by atoms with Gasteiger partial charge in [0, 0.05) is 47.0 Å². The van der Waals surface area contributed by atoms with E-state index in [0.29, 0.717) is 39.5 Å². The maximum atomic E-state index is 12.3. The molecule has 0 atom stereocenters. The summed E-state index contributed by atoms with van der Waals surface area (Å²) in [6.45, 7) is -0.0119. The second kappa shape index (κ2) is 11.7. The molecule has 41 heavy (non-hydrogen) atoms.